The lowest BCUT2D eigenvalue weighted by molar-refractivity contribution is -0.126. The highest BCUT2D eigenvalue weighted by Gasteiger charge is 2.31. The predicted octanol–water partition coefficient (Wildman–Crippen LogP) is 5.06. The van der Waals surface area contributed by atoms with Crippen molar-refractivity contribution in [2.45, 2.75) is 38.6 Å². The number of fused-ring (bicyclic) bond motifs is 1. The van der Waals surface area contributed by atoms with Gasteiger partial charge >= 0.3 is 0 Å². The van der Waals surface area contributed by atoms with Gasteiger partial charge in [-0.1, -0.05) is 50.2 Å². The molecule has 1 amide bonds. The number of carbonyl (C=O) groups excluding carboxylic acids is 1. The molecule has 4 heteroatoms. The first-order chi connectivity index (χ1) is 13.1. The van der Waals surface area contributed by atoms with Crippen LogP contribution in [0.4, 0.5) is 0 Å². The largest absolute Gasteiger partial charge is 0.340 e. The minimum Gasteiger partial charge on any atom is -0.340 e. The molecule has 0 aliphatic carbocycles. The molecule has 138 valence electrons. The van der Waals surface area contributed by atoms with Crippen molar-refractivity contribution in [1.82, 2.24) is 14.9 Å². The van der Waals surface area contributed by atoms with Crippen LogP contribution in [0.2, 0.25) is 0 Å². The van der Waals surface area contributed by atoms with E-state index in [0.29, 0.717) is 5.92 Å². The summed E-state index contributed by atoms with van der Waals surface area (Å²) < 4.78 is 0. The van der Waals surface area contributed by atoms with Gasteiger partial charge in [-0.2, -0.15) is 0 Å². The molecule has 1 atom stereocenters. The summed E-state index contributed by atoms with van der Waals surface area (Å²) in [6.07, 6.45) is 5.54. The topological polar surface area (TPSA) is 49.0 Å². The molecule has 2 aromatic carbocycles. The minimum atomic E-state index is 0.0258. The Hall–Kier alpha value is -2.88. The molecule has 0 saturated carbocycles. The number of benzene rings is 2. The van der Waals surface area contributed by atoms with Crippen LogP contribution in [0.15, 0.2) is 54.6 Å². The molecule has 0 spiro atoms. The van der Waals surface area contributed by atoms with Crippen LogP contribution in [0, 0.1) is 0 Å². The number of likely N-dealkylation sites (tertiary alicyclic amines) is 1. The second-order valence-corrected chi connectivity index (χ2v) is 7.48. The summed E-state index contributed by atoms with van der Waals surface area (Å²) in [4.78, 5) is 22.8. The first-order valence-corrected chi connectivity index (χ1v) is 9.65. The number of hydrogen-bond donors (Lipinski definition) is 1. The Bertz CT molecular complexity index is 936. The number of hydrogen-bond acceptors (Lipinski definition) is 2. The van der Waals surface area contributed by atoms with Crippen molar-refractivity contribution in [3.63, 3.8) is 0 Å². The van der Waals surface area contributed by atoms with Crippen LogP contribution in [-0.2, 0) is 4.79 Å². The summed E-state index contributed by atoms with van der Waals surface area (Å²) in [7, 11) is 0. The third-order valence-corrected chi connectivity index (χ3v) is 5.28. The van der Waals surface area contributed by atoms with Gasteiger partial charge in [0, 0.05) is 12.6 Å². The molecule has 4 rings (SSSR count). The summed E-state index contributed by atoms with van der Waals surface area (Å²) in [6, 6.07) is 16.4. The van der Waals surface area contributed by atoms with Crippen LogP contribution < -0.4 is 0 Å². The quantitative estimate of drug-likeness (QED) is 0.662. The van der Waals surface area contributed by atoms with Crippen molar-refractivity contribution >= 4 is 23.0 Å². The Kier molecular flexibility index (Phi) is 4.80. The lowest BCUT2D eigenvalue weighted by Gasteiger charge is -2.21. The van der Waals surface area contributed by atoms with Gasteiger partial charge in [0.05, 0.1) is 17.1 Å². The van der Waals surface area contributed by atoms with Gasteiger partial charge in [-0.15, -0.1) is 0 Å². The van der Waals surface area contributed by atoms with Gasteiger partial charge < -0.3 is 9.88 Å². The molecular formula is C23H25N3O. The molecule has 1 saturated heterocycles. The van der Waals surface area contributed by atoms with E-state index in [2.05, 4.69) is 43.1 Å². The van der Waals surface area contributed by atoms with Crippen molar-refractivity contribution in [3.05, 3.63) is 71.6 Å². The standard InChI is InChI=1S/C23H25N3O/c1-16(2)18-12-9-17(10-13-18)11-14-22(27)26-15-5-8-21(26)23-24-19-6-3-4-7-20(19)25-23/h3-4,6-7,9-14,16,21H,5,8,15H2,1-2H3,(H,24,25). The molecule has 4 nitrogen and oxygen atoms in total. The lowest BCUT2D eigenvalue weighted by atomic mass is 10.0. The van der Waals surface area contributed by atoms with Gasteiger partial charge in [-0.05, 0) is 48.1 Å². The normalized spacial score (nSPS) is 17.4. The molecular weight excluding hydrogens is 334 g/mol. The highest BCUT2D eigenvalue weighted by molar-refractivity contribution is 5.92. The predicted molar refractivity (Wildman–Crippen MR) is 109 cm³/mol. The average Bonchev–Trinajstić information content (AvgIpc) is 3.32. The third kappa shape index (κ3) is 3.65. The van der Waals surface area contributed by atoms with E-state index in [-0.39, 0.29) is 11.9 Å². The number of amides is 1. The van der Waals surface area contributed by atoms with E-state index in [1.54, 1.807) is 6.08 Å². The monoisotopic (exact) mass is 359 g/mol. The van der Waals surface area contributed by atoms with Crippen LogP contribution >= 0.6 is 0 Å². The van der Waals surface area contributed by atoms with E-state index < -0.39 is 0 Å². The maximum atomic E-state index is 12.8. The highest BCUT2D eigenvalue weighted by Crippen LogP contribution is 2.31. The zero-order valence-electron chi connectivity index (χ0n) is 15.9. The number of rotatable bonds is 4. The Morgan fingerprint density at radius 2 is 1.96 bits per heavy atom. The Morgan fingerprint density at radius 3 is 2.70 bits per heavy atom. The SMILES string of the molecule is CC(C)c1ccc(C=CC(=O)N2CCCC2c2nc3ccccc3[nH]2)cc1. The van der Waals surface area contributed by atoms with Crippen LogP contribution in [0.3, 0.4) is 0 Å². The number of nitrogens with zero attached hydrogens (tertiary/aromatic N) is 2. The third-order valence-electron chi connectivity index (χ3n) is 5.28. The first kappa shape index (κ1) is 17.5. The maximum Gasteiger partial charge on any atom is 0.247 e. The molecule has 1 aromatic heterocycles. The molecule has 1 unspecified atom stereocenters. The number of carbonyl (C=O) groups is 1. The number of H-pyrrole nitrogens is 1. The molecule has 2 heterocycles. The van der Waals surface area contributed by atoms with E-state index >= 15 is 0 Å². The fraction of sp³-hybridized carbons (Fsp3) is 0.304. The molecule has 0 radical (unpaired) electrons. The lowest BCUT2D eigenvalue weighted by Crippen LogP contribution is -2.29. The van der Waals surface area contributed by atoms with Gasteiger partial charge in [0.15, 0.2) is 0 Å². The fourth-order valence-electron chi connectivity index (χ4n) is 3.70. The van der Waals surface area contributed by atoms with Crippen LogP contribution in [0.5, 0.6) is 0 Å². The Labute approximate surface area is 159 Å². The smallest absolute Gasteiger partial charge is 0.247 e. The van der Waals surface area contributed by atoms with Crippen molar-refractivity contribution in [1.29, 1.82) is 0 Å². The molecule has 27 heavy (non-hydrogen) atoms. The van der Waals surface area contributed by atoms with E-state index in [1.807, 2.05) is 35.2 Å². The summed E-state index contributed by atoms with van der Waals surface area (Å²) in [6.45, 7) is 5.14. The average molecular weight is 359 g/mol. The Balaban J connectivity index is 1.50. The molecule has 1 fully saturated rings. The minimum absolute atomic E-state index is 0.0258. The summed E-state index contributed by atoms with van der Waals surface area (Å²) in [5.41, 5.74) is 4.33. The number of para-hydroxylation sites is 2. The van der Waals surface area contributed by atoms with Gasteiger partial charge in [0.2, 0.25) is 5.91 Å². The van der Waals surface area contributed by atoms with E-state index in [4.69, 9.17) is 4.98 Å². The molecule has 3 aromatic rings. The zero-order chi connectivity index (χ0) is 18.8. The number of nitrogens with one attached hydrogen (secondary N) is 1. The van der Waals surface area contributed by atoms with E-state index in [0.717, 1.165) is 41.8 Å². The number of imidazole rings is 1. The van der Waals surface area contributed by atoms with Crippen LogP contribution in [0.25, 0.3) is 17.1 Å². The highest BCUT2D eigenvalue weighted by atomic mass is 16.2. The summed E-state index contributed by atoms with van der Waals surface area (Å²) >= 11 is 0. The molecule has 1 N–H and O–H groups in total. The number of aromatic amines is 1. The Morgan fingerprint density at radius 1 is 1.19 bits per heavy atom. The molecule has 0 bridgehead atoms. The second-order valence-electron chi connectivity index (χ2n) is 7.48. The zero-order valence-corrected chi connectivity index (χ0v) is 15.9. The summed E-state index contributed by atoms with van der Waals surface area (Å²) in [5, 5.41) is 0. The van der Waals surface area contributed by atoms with Gasteiger partial charge in [-0.25, -0.2) is 4.98 Å². The van der Waals surface area contributed by atoms with Crippen LogP contribution in [-0.4, -0.2) is 27.3 Å². The van der Waals surface area contributed by atoms with Gasteiger partial charge in [0.1, 0.15) is 5.82 Å². The molecule has 1 aliphatic heterocycles. The van der Waals surface area contributed by atoms with E-state index in [1.165, 1.54) is 5.56 Å². The maximum absolute atomic E-state index is 12.8. The van der Waals surface area contributed by atoms with Gasteiger partial charge in [0.25, 0.3) is 0 Å². The number of aromatic nitrogens is 2. The first-order valence-electron chi connectivity index (χ1n) is 9.65. The van der Waals surface area contributed by atoms with E-state index in [9.17, 15) is 4.79 Å². The van der Waals surface area contributed by atoms with Crippen molar-refractivity contribution in [2.75, 3.05) is 6.54 Å². The van der Waals surface area contributed by atoms with Crippen molar-refractivity contribution < 1.29 is 4.79 Å². The second kappa shape index (κ2) is 7.39. The molecule has 1 aliphatic rings. The van der Waals surface area contributed by atoms with Gasteiger partial charge in [-0.3, -0.25) is 4.79 Å². The van der Waals surface area contributed by atoms with Crippen molar-refractivity contribution in [3.8, 4) is 0 Å². The summed E-state index contributed by atoms with van der Waals surface area (Å²) in [5.74, 6) is 1.45. The van der Waals surface area contributed by atoms with Crippen LogP contribution in [0.1, 0.15) is 55.6 Å². The fourth-order valence-corrected chi connectivity index (χ4v) is 3.70. The van der Waals surface area contributed by atoms with Crippen molar-refractivity contribution in [2.24, 2.45) is 0 Å².